The minimum Gasteiger partial charge on any atom is -0.481 e. The van der Waals surface area contributed by atoms with Crippen LogP contribution >= 0.6 is 0 Å². The van der Waals surface area contributed by atoms with Crippen molar-refractivity contribution in [2.24, 2.45) is 0 Å². The van der Waals surface area contributed by atoms with Gasteiger partial charge in [-0.25, -0.2) is 9.78 Å². The number of pyridine rings is 1. The molecule has 2 aromatic heterocycles. The van der Waals surface area contributed by atoms with Gasteiger partial charge in [0.1, 0.15) is 0 Å². The van der Waals surface area contributed by atoms with Crippen molar-refractivity contribution in [3.63, 3.8) is 0 Å². The first kappa shape index (κ1) is 21.2. The highest BCUT2D eigenvalue weighted by molar-refractivity contribution is 5.98. The number of nitrogens with one attached hydrogen (secondary N) is 1. The van der Waals surface area contributed by atoms with Crippen LogP contribution in [0.1, 0.15) is 46.7 Å². The number of amides is 1. The maximum Gasteiger partial charge on any atom is 0.340 e. The molecule has 0 aliphatic rings. The number of hydrogen-bond donors (Lipinski definition) is 1. The molecular weight excluding hydrogens is 358 g/mol. The smallest absolute Gasteiger partial charge is 0.340 e. The average Bonchev–Trinajstić information content (AvgIpc) is 2.94. The summed E-state index contributed by atoms with van der Waals surface area (Å²) in [4.78, 5) is 28.8. The van der Waals surface area contributed by atoms with Gasteiger partial charge in [0.05, 0.1) is 19.3 Å². The van der Waals surface area contributed by atoms with Crippen LogP contribution in [-0.4, -0.2) is 35.1 Å². The van der Waals surface area contributed by atoms with Gasteiger partial charge in [0.2, 0.25) is 11.8 Å². The van der Waals surface area contributed by atoms with Crippen LogP contribution < -0.4 is 10.1 Å². The number of aromatic nitrogens is 2. The number of nitrogens with zero attached hydrogens (tertiary/aromatic N) is 2. The van der Waals surface area contributed by atoms with Gasteiger partial charge in [-0.3, -0.25) is 4.79 Å². The van der Waals surface area contributed by atoms with E-state index < -0.39 is 0 Å². The summed E-state index contributed by atoms with van der Waals surface area (Å²) in [6, 6.07) is 3.62. The van der Waals surface area contributed by atoms with E-state index in [0.717, 1.165) is 23.5 Å². The molecule has 0 fully saturated rings. The van der Waals surface area contributed by atoms with E-state index >= 15 is 0 Å². The third-order valence-corrected chi connectivity index (χ3v) is 4.52. The summed E-state index contributed by atoms with van der Waals surface area (Å²) in [6.07, 6.45) is 4.72. The van der Waals surface area contributed by atoms with E-state index in [9.17, 15) is 9.59 Å². The number of carbonyl (C=O) groups is 2. The molecule has 2 aromatic rings. The lowest BCUT2D eigenvalue weighted by Gasteiger charge is -2.07. The minimum absolute atomic E-state index is 0.276. The Morgan fingerprint density at radius 1 is 1.25 bits per heavy atom. The molecule has 0 saturated carbocycles. The van der Waals surface area contributed by atoms with Gasteiger partial charge in [-0.15, -0.1) is 0 Å². The van der Waals surface area contributed by atoms with Crippen LogP contribution in [0.2, 0.25) is 0 Å². The fourth-order valence-corrected chi connectivity index (χ4v) is 3.19. The Hall–Kier alpha value is -3.09. The van der Waals surface area contributed by atoms with E-state index in [-0.39, 0.29) is 11.9 Å². The highest BCUT2D eigenvalue weighted by Crippen LogP contribution is 2.25. The first-order chi connectivity index (χ1) is 13.4. The van der Waals surface area contributed by atoms with E-state index in [1.807, 2.05) is 31.4 Å². The molecule has 2 heterocycles. The topological polar surface area (TPSA) is 82.5 Å². The highest BCUT2D eigenvalue weighted by atomic mass is 16.5. The van der Waals surface area contributed by atoms with Gasteiger partial charge in [0.25, 0.3) is 0 Å². The van der Waals surface area contributed by atoms with Gasteiger partial charge in [-0.1, -0.05) is 6.07 Å². The Morgan fingerprint density at radius 2 is 2.00 bits per heavy atom. The number of esters is 1. The van der Waals surface area contributed by atoms with Gasteiger partial charge in [-0.05, 0) is 39.8 Å². The zero-order valence-corrected chi connectivity index (χ0v) is 17.0. The van der Waals surface area contributed by atoms with E-state index in [4.69, 9.17) is 9.47 Å². The molecule has 0 aliphatic heterocycles. The van der Waals surface area contributed by atoms with Crippen molar-refractivity contribution >= 4 is 18.0 Å². The summed E-state index contributed by atoms with van der Waals surface area (Å²) in [5.41, 5.74) is 3.73. The number of methoxy groups -OCH3 is 1. The lowest BCUT2D eigenvalue weighted by Crippen LogP contribution is -2.20. The van der Waals surface area contributed by atoms with Crippen LogP contribution in [0, 0.1) is 13.8 Å². The lowest BCUT2D eigenvalue weighted by atomic mass is 10.1. The standard InChI is InChI=1S/C21H27N3O4/c1-6-24-14(3)17(19(15(24)4)21(26)28-7-2)10-11-18(25)23-13-16-9-8-12-22-20(16)27-5/h8-12H,6-7,13H2,1-5H3,(H,23,25)/b11-10+. The van der Waals surface area contributed by atoms with Crippen molar-refractivity contribution in [3.05, 3.63) is 52.5 Å². The maximum atomic E-state index is 12.4. The fraction of sp³-hybridized carbons (Fsp3) is 0.381. The first-order valence-electron chi connectivity index (χ1n) is 9.25. The summed E-state index contributed by atoms with van der Waals surface area (Å²) in [7, 11) is 1.54. The lowest BCUT2D eigenvalue weighted by molar-refractivity contribution is -0.116. The Balaban J connectivity index is 2.20. The monoisotopic (exact) mass is 385 g/mol. The third-order valence-electron chi connectivity index (χ3n) is 4.52. The molecule has 0 aromatic carbocycles. The minimum atomic E-state index is -0.379. The van der Waals surface area contributed by atoms with Crippen molar-refractivity contribution < 1.29 is 19.1 Å². The van der Waals surface area contributed by atoms with Gasteiger partial charge in [0.15, 0.2) is 0 Å². The van der Waals surface area contributed by atoms with Crippen molar-refractivity contribution in [2.75, 3.05) is 13.7 Å². The van der Waals surface area contributed by atoms with Crippen LogP contribution in [0.4, 0.5) is 0 Å². The van der Waals surface area contributed by atoms with Gasteiger partial charge < -0.3 is 19.4 Å². The Bertz CT molecular complexity index is 884. The highest BCUT2D eigenvalue weighted by Gasteiger charge is 2.22. The summed E-state index contributed by atoms with van der Waals surface area (Å²) in [6.45, 7) is 8.91. The van der Waals surface area contributed by atoms with Crippen LogP contribution in [0.3, 0.4) is 0 Å². The quantitative estimate of drug-likeness (QED) is 0.558. The van der Waals surface area contributed by atoms with Gasteiger partial charge >= 0.3 is 5.97 Å². The molecule has 7 nitrogen and oxygen atoms in total. The van der Waals surface area contributed by atoms with Crippen molar-refractivity contribution in [1.29, 1.82) is 0 Å². The Labute approximate surface area is 165 Å². The number of carbonyl (C=O) groups excluding carboxylic acids is 2. The number of rotatable bonds is 8. The van der Waals surface area contributed by atoms with Crippen LogP contribution in [0.15, 0.2) is 24.4 Å². The number of ether oxygens (including phenoxy) is 2. The molecular formula is C21H27N3O4. The molecule has 0 spiro atoms. The van der Waals surface area contributed by atoms with E-state index in [2.05, 4.69) is 10.3 Å². The summed E-state index contributed by atoms with van der Waals surface area (Å²) in [5.74, 6) is -0.180. The normalized spacial score (nSPS) is 10.9. The van der Waals surface area contributed by atoms with Crippen LogP contribution in [-0.2, 0) is 22.6 Å². The molecule has 2 rings (SSSR count). The van der Waals surface area contributed by atoms with E-state index in [1.54, 1.807) is 25.3 Å². The largest absolute Gasteiger partial charge is 0.481 e. The summed E-state index contributed by atoms with van der Waals surface area (Å²) >= 11 is 0. The molecule has 150 valence electrons. The van der Waals surface area contributed by atoms with Crippen LogP contribution in [0.25, 0.3) is 6.08 Å². The molecule has 0 radical (unpaired) electrons. The molecule has 0 atom stereocenters. The zero-order chi connectivity index (χ0) is 20.7. The van der Waals surface area contributed by atoms with E-state index in [1.165, 1.54) is 13.2 Å². The fourth-order valence-electron chi connectivity index (χ4n) is 3.19. The van der Waals surface area contributed by atoms with Gasteiger partial charge in [-0.2, -0.15) is 0 Å². The SMILES string of the molecule is CCOC(=O)c1c(/C=C/C(=O)NCc2cccnc2OC)c(C)n(CC)c1C. The average molecular weight is 385 g/mol. The molecule has 7 heteroatoms. The second-order valence-corrected chi connectivity index (χ2v) is 6.15. The second-order valence-electron chi connectivity index (χ2n) is 6.15. The van der Waals surface area contributed by atoms with Crippen LogP contribution in [0.5, 0.6) is 5.88 Å². The molecule has 0 aliphatic carbocycles. The van der Waals surface area contributed by atoms with E-state index in [0.29, 0.717) is 30.2 Å². The zero-order valence-electron chi connectivity index (χ0n) is 17.0. The maximum absolute atomic E-state index is 12.4. The van der Waals surface area contributed by atoms with Crippen molar-refractivity contribution in [3.8, 4) is 5.88 Å². The predicted molar refractivity (Wildman–Crippen MR) is 107 cm³/mol. The third kappa shape index (κ3) is 4.60. The molecule has 1 N–H and O–H groups in total. The first-order valence-corrected chi connectivity index (χ1v) is 9.25. The molecule has 0 saturated heterocycles. The van der Waals surface area contributed by atoms with Gasteiger partial charge in [0, 0.05) is 47.9 Å². The molecule has 0 bridgehead atoms. The predicted octanol–water partition coefficient (Wildman–Crippen LogP) is 3.03. The van der Waals surface area contributed by atoms with Crippen molar-refractivity contribution in [1.82, 2.24) is 14.9 Å². The molecule has 1 amide bonds. The second kappa shape index (κ2) is 9.73. The summed E-state index contributed by atoms with van der Waals surface area (Å²) < 4.78 is 12.4. The summed E-state index contributed by atoms with van der Waals surface area (Å²) in [5, 5.41) is 2.80. The number of hydrogen-bond acceptors (Lipinski definition) is 5. The van der Waals surface area contributed by atoms with Crippen molar-refractivity contribution in [2.45, 2.75) is 40.8 Å². The molecule has 28 heavy (non-hydrogen) atoms. The Morgan fingerprint density at radius 3 is 2.64 bits per heavy atom. The Kier molecular flexibility index (Phi) is 7.37. The molecule has 0 unspecified atom stereocenters.